The summed E-state index contributed by atoms with van der Waals surface area (Å²) in [6.07, 6.45) is 7.23. The number of hydrogen-bond acceptors (Lipinski definition) is 2. The zero-order chi connectivity index (χ0) is 12.0. The van der Waals surface area contributed by atoms with Gasteiger partial charge in [-0.2, -0.15) is 0 Å². The van der Waals surface area contributed by atoms with Crippen molar-refractivity contribution in [1.29, 1.82) is 0 Å². The van der Waals surface area contributed by atoms with Gasteiger partial charge in [0.15, 0.2) is 0 Å². The second kappa shape index (κ2) is 6.69. The van der Waals surface area contributed by atoms with Crippen LogP contribution in [0.5, 0.6) is 0 Å². The van der Waals surface area contributed by atoms with Crippen LogP contribution >= 0.6 is 0 Å². The SMILES string of the molecule is C/C=C/CCN1CCCC(NC(C)C)C1=O. The third-order valence-electron chi connectivity index (χ3n) is 2.87. The molecule has 1 heterocycles. The summed E-state index contributed by atoms with van der Waals surface area (Å²) in [6, 6.07) is 0.420. The molecule has 1 aliphatic rings. The zero-order valence-corrected chi connectivity index (χ0v) is 10.7. The predicted octanol–water partition coefficient (Wildman–Crippen LogP) is 1.94. The lowest BCUT2D eigenvalue weighted by Crippen LogP contribution is -2.52. The van der Waals surface area contributed by atoms with Crippen molar-refractivity contribution in [2.24, 2.45) is 0 Å². The van der Waals surface area contributed by atoms with Crippen molar-refractivity contribution < 1.29 is 4.79 Å². The average molecular weight is 224 g/mol. The number of carbonyl (C=O) groups is 1. The van der Waals surface area contributed by atoms with Crippen LogP contribution in [0.25, 0.3) is 0 Å². The predicted molar refractivity (Wildman–Crippen MR) is 67.3 cm³/mol. The van der Waals surface area contributed by atoms with Crippen molar-refractivity contribution in [2.75, 3.05) is 13.1 Å². The highest BCUT2D eigenvalue weighted by molar-refractivity contribution is 5.82. The van der Waals surface area contributed by atoms with Crippen LogP contribution < -0.4 is 5.32 Å². The molecule has 1 amide bonds. The lowest BCUT2D eigenvalue weighted by molar-refractivity contribution is -0.136. The second-order valence-electron chi connectivity index (χ2n) is 4.70. The van der Waals surface area contributed by atoms with Gasteiger partial charge in [-0.3, -0.25) is 4.79 Å². The molecule has 0 aliphatic carbocycles. The van der Waals surface area contributed by atoms with E-state index in [0.717, 1.165) is 32.4 Å². The molecule has 1 saturated heterocycles. The van der Waals surface area contributed by atoms with Crippen molar-refractivity contribution in [3.63, 3.8) is 0 Å². The van der Waals surface area contributed by atoms with Crippen molar-refractivity contribution in [3.8, 4) is 0 Å². The van der Waals surface area contributed by atoms with Gasteiger partial charge in [0.1, 0.15) is 0 Å². The van der Waals surface area contributed by atoms with E-state index in [1.807, 2.05) is 17.9 Å². The van der Waals surface area contributed by atoms with E-state index in [9.17, 15) is 4.79 Å². The van der Waals surface area contributed by atoms with Gasteiger partial charge in [-0.15, -0.1) is 0 Å². The number of carbonyl (C=O) groups excluding carboxylic acids is 1. The Hall–Kier alpha value is -0.830. The van der Waals surface area contributed by atoms with Gasteiger partial charge in [-0.25, -0.2) is 0 Å². The van der Waals surface area contributed by atoms with Gasteiger partial charge in [0, 0.05) is 19.1 Å². The first-order valence-electron chi connectivity index (χ1n) is 6.31. The van der Waals surface area contributed by atoms with Crippen LogP contribution in [-0.4, -0.2) is 36.0 Å². The summed E-state index contributed by atoms with van der Waals surface area (Å²) < 4.78 is 0. The van der Waals surface area contributed by atoms with Crippen LogP contribution in [0, 0.1) is 0 Å². The Morgan fingerprint density at radius 2 is 2.31 bits per heavy atom. The van der Waals surface area contributed by atoms with E-state index in [4.69, 9.17) is 0 Å². The number of nitrogens with zero attached hydrogens (tertiary/aromatic N) is 1. The van der Waals surface area contributed by atoms with Crippen molar-refractivity contribution in [1.82, 2.24) is 10.2 Å². The Balaban J connectivity index is 2.43. The molecule has 1 fully saturated rings. The Morgan fingerprint density at radius 3 is 2.94 bits per heavy atom. The first-order chi connectivity index (χ1) is 7.65. The van der Waals surface area contributed by atoms with E-state index >= 15 is 0 Å². The van der Waals surface area contributed by atoms with Gasteiger partial charge in [0.25, 0.3) is 0 Å². The third kappa shape index (κ3) is 3.97. The number of amides is 1. The Kier molecular flexibility index (Phi) is 5.53. The van der Waals surface area contributed by atoms with Crippen LogP contribution in [0.3, 0.4) is 0 Å². The number of nitrogens with one attached hydrogen (secondary N) is 1. The molecule has 1 N–H and O–H groups in total. The average Bonchev–Trinajstić information content (AvgIpc) is 2.23. The van der Waals surface area contributed by atoms with E-state index in [1.54, 1.807) is 0 Å². The van der Waals surface area contributed by atoms with E-state index < -0.39 is 0 Å². The first kappa shape index (κ1) is 13.2. The van der Waals surface area contributed by atoms with Crippen LogP contribution in [0.15, 0.2) is 12.2 Å². The minimum atomic E-state index is 0.0411. The fourth-order valence-electron chi connectivity index (χ4n) is 2.12. The first-order valence-corrected chi connectivity index (χ1v) is 6.31. The minimum absolute atomic E-state index is 0.0411. The van der Waals surface area contributed by atoms with Gasteiger partial charge in [-0.05, 0) is 26.2 Å². The van der Waals surface area contributed by atoms with Gasteiger partial charge < -0.3 is 10.2 Å². The van der Waals surface area contributed by atoms with Gasteiger partial charge in [0.05, 0.1) is 6.04 Å². The van der Waals surface area contributed by atoms with Gasteiger partial charge >= 0.3 is 0 Å². The van der Waals surface area contributed by atoms with Crippen LogP contribution in [0.2, 0.25) is 0 Å². The summed E-state index contributed by atoms with van der Waals surface area (Å²) in [5.74, 6) is 0.282. The normalized spacial score (nSPS) is 22.4. The molecule has 16 heavy (non-hydrogen) atoms. The molecular weight excluding hydrogens is 200 g/mol. The Bertz CT molecular complexity index is 248. The van der Waals surface area contributed by atoms with Gasteiger partial charge in [-0.1, -0.05) is 26.0 Å². The molecule has 0 saturated carbocycles. The molecule has 3 heteroatoms. The molecule has 92 valence electrons. The van der Waals surface area contributed by atoms with E-state index in [1.165, 1.54) is 0 Å². The number of hydrogen-bond donors (Lipinski definition) is 1. The summed E-state index contributed by atoms with van der Waals surface area (Å²) in [7, 11) is 0. The molecule has 0 spiro atoms. The molecule has 1 rings (SSSR count). The zero-order valence-electron chi connectivity index (χ0n) is 10.7. The summed E-state index contributed by atoms with van der Waals surface area (Å²) >= 11 is 0. The van der Waals surface area contributed by atoms with Crippen LogP contribution in [-0.2, 0) is 4.79 Å². The Labute approximate surface area is 98.9 Å². The topological polar surface area (TPSA) is 32.3 Å². The molecule has 0 aromatic carbocycles. The lowest BCUT2D eigenvalue weighted by atomic mass is 10.0. The van der Waals surface area contributed by atoms with E-state index in [0.29, 0.717) is 6.04 Å². The van der Waals surface area contributed by atoms with Crippen molar-refractivity contribution >= 4 is 5.91 Å². The largest absolute Gasteiger partial charge is 0.341 e. The fourth-order valence-corrected chi connectivity index (χ4v) is 2.12. The maximum Gasteiger partial charge on any atom is 0.239 e. The molecule has 1 unspecified atom stereocenters. The smallest absolute Gasteiger partial charge is 0.239 e. The molecule has 1 aliphatic heterocycles. The molecule has 0 aromatic rings. The molecule has 1 atom stereocenters. The number of allylic oxidation sites excluding steroid dienone is 1. The maximum absolute atomic E-state index is 12.1. The minimum Gasteiger partial charge on any atom is -0.341 e. The quantitative estimate of drug-likeness (QED) is 0.724. The van der Waals surface area contributed by atoms with Crippen molar-refractivity contribution in [2.45, 2.75) is 52.1 Å². The van der Waals surface area contributed by atoms with Gasteiger partial charge in [0.2, 0.25) is 5.91 Å². The molecule has 0 bridgehead atoms. The Morgan fingerprint density at radius 1 is 1.56 bits per heavy atom. The monoisotopic (exact) mass is 224 g/mol. The number of rotatable bonds is 5. The lowest BCUT2D eigenvalue weighted by Gasteiger charge is -2.33. The standard InChI is InChI=1S/C13H24N2O/c1-4-5-6-9-15-10-7-8-12(13(15)16)14-11(2)3/h4-5,11-12,14H,6-10H2,1-3H3/b5-4+. The summed E-state index contributed by atoms with van der Waals surface area (Å²) in [5.41, 5.74) is 0. The highest BCUT2D eigenvalue weighted by Gasteiger charge is 2.27. The molecule has 0 radical (unpaired) electrons. The highest BCUT2D eigenvalue weighted by atomic mass is 16.2. The number of piperidine rings is 1. The van der Waals surface area contributed by atoms with Crippen molar-refractivity contribution in [3.05, 3.63) is 12.2 Å². The summed E-state index contributed by atoms with van der Waals surface area (Å²) in [5, 5.41) is 3.34. The molecule has 3 nitrogen and oxygen atoms in total. The van der Waals surface area contributed by atoms with E-state index in [-0.39, 0.29) is 11.9 Å². The third-order valence-corrected chi connectivity index (χ3v) is 2.87. The fraction of sp³-hybridized carbons (Fsp3) is 0.769. The molecular formula is C13H24N2O. The maximum atomic E-state index is 12.1. The second-order valence-corrected chi connectivity index (χ2v) is 4.70. The van der Waals surface area contributed by atoms with Crippen LogP contribution in [0.1, 0.15) is 40.0 Å². The van der Waals surface area contributed by atoms with E-state index in [2.05, 4.69) is 25.2 Å². The van der Waals surface area contributed by atoms with Crippen LogP contribution in [0.4, 0.5) is 0 Å². The summed E-state index contributed by atoms with van der Waals surface area (Å²) in [4.78, 5) is 14.1. The number of likely N-dealkylation sites (tertiary alicyclic amines) is 1. The summed E-state index contributed by atoms with van der Waals surface area (Å²) in [6.45, 7) is 7.98. The molecule has 0 aromatic heterocycles. The highest BCUT2D eigenvalue weighted by Crippen LogP contribution is 2.12.